The zero-order valence-corrected chi connectivity index (χ0v) is 9.43. The molecule has 0 unspecified atom stereocenters. The minimum Gasteiger partial charge on any atom is -0.234 e. The summed E-state index contributed by atoms with van der Waals surface area (Å²) >= 11 is 0. The highest BCUT2D eigenvalue weighted by atomic mass is 15.2. The number of hydrogen-bond donors (Lipinski definition) is 0. The molecule has 0 spiro atoms. The van der Waals surface area contributed by atoms with E-state index in [9.17, 15) is 0 Å². The van der Waals surface area contributed by atoms with Crippen LogP contribution in [0.3, 0.4) is 0 Å². The van der Waals surface area contributed by atoms with E-state index in [-0.39, 0.29) is 0 Å². The van der Waals surface area contributed by atoms with Gasteiger partial charge in [-0.3, -0.25) is 0 Å². The molecular weight excluding hydrogens is 226 g/mol. The Bertz CT molecular complexity index is 564. The normalized spacial score (nSPS) is 10.2. The van der Waals surface area contributed by atoms with Crippen molar-refractivity contribution >= 4 is 0 Å². The third-order valence-corrected chi connectivity index (χ3v) is 2.40. The van der Waals surface area contributed by atoms with Gasteiger partial charge in [-0.15, -0.1) is 10.2 Å². The third-order valence-electron chi connectivity index (χ3n) is 2.40. The molecule has 0 bridgehead atoms. The first kappa shape index (κ1) is 10.5. The summed E-state index contributed by atoms with van der Waals surface area (Å²) in [6.45, 7) is 0. The molecule has 0 saturated carbocycles. The molecule has 0 radical (unpaired) electrons. The molecule has 18 heavy (non-hydrogen) atoms. The summed E-state index contributed by atoms with van der Waals surface area (Å²) in [7, 11) is 0. The van der Waals surface area contributed by atoms with Crippen LogP contribution in [0.4, 0.5) is 0 Å². The molecule has 0 fully saturated rings. The highest BCUT2D eigenvalue weighted by Crippen LogP contribution is 2.15. The zero-order valence-electron chi connectivity index (χ0n) is 9.43. The minimum absolute atomic E-state index is 0.426. The van der Waals surface area contributed by atoms with E-state index in [4.69, 9.17) is 0 Å². The maximum absolute atomic E-state index is 4.23. The Morgan fingerprint density at radius 3 is 2.11 bits per heavy atom. The van der Waals surface area contributed by atoms with Gasteiger partial charge in [-0.25, -0.2) is 15.0 Å². The maximum Gasteiger partial charge on any atom is 0.219 e. The molecule has 86 valence electrons. The molecule has 3 aromatic rings. The van der Waals surface area contributed by atoms with Crippen molar-refractivity contribution in [3.8, 4) is 22.9 Å². The second-order valence-corrected chi connectivity index (χ2v) is 3.61. The quantitative estimate of drug-likeness (QED) is 0.679. The van der Waals surface area contributed by atoms with Gasteiger partial charge in [-0.2, -0.15) is 0 Å². The fourth-order valence-corrected chi connectivity index (χ4v) is 1.53. The van der Waals surface area contributed by atoms with E-state index in [1.807, 2.05) is 30.3 Å². The van der Waals surface area contributed by atoms with Crippen LogP contribution in [0.1, 0.15) is 0 Å². The summed E-state index contributed by atoms with van der Waals surface area (Å²) in [5.41, 5.74) is 1.72. The molecule has 5 heteroatoms. The van der Waals surface area contributed by atoms with Crippen LogP contribution in [0.25, 0.3) is 22.9 Å². The van der Waals surface area contributed by atoms with Crippen molar-refractivity contribution in [1.29, 1.82) is 0 Å². The van der Waals surface area contributed by atoms with Crippen LogP contribution < -0.4 is 0 Å². The highest BCUT2D eigenvalue weighted by Gasteiger charge is 2.05. The largest absolute Gasteiger partial charge is 0.234 e. The van der Waals surface area contributed by atoms with Crippen molar-refractivity contribution in [2.24, 2.45) is 0 Å². The summed E-state index contributed by atoms with van der Waals surface area (Å²) in [5.74, 6) is 0.903. The topological polar surface area (TPSA) is 64.5 Å². The first-order valence-electron chi connectivity index (χ1n) is 5.46. The molecule has 1 aromatic carbocycles. The van der Waals surface area contributed by atoms with Crippen LogP contribution in [0.2, 0.25) is 0 Å². The van der Waals surface area contributed by atoms with Crippen molar-refractivity contribution in [3.05, 3.63) is 55.0 Å². The van der Waals surface area contributed by atoms with Crippen LogP contribution in [0.15, 0.2) is 55.0 Å². The lowest BCUT2D eigenvalue weighted by Gasteiger charge is -2.00. The van der Waals surface area contributed by atoms with Crippen LogP contribution >= 0.6 is 0 Å². The Morgan fingerprint density at radius 1 is 0.667 bits per heavy atom. The van der Waals surface area contributed by atoms with Gasteiger partial charge in [0.1, 0.15) is 5.69 Å². The van der Waals surface area contributed by atoms with E-state index in [2.05, 4.69) is 25.1 Å². The minimum atomic E-state index is 0.426. The van der Waals surface area contributed by atoms with Gasteiger partial charge >= 0.3 is 0 Å². The second-order valence-electron chi connectivity index (χ2n) is 3.61. The first-order chi connectivity index (χ1) is 8.93. The molecule has 5 nitrogen and oxygen atoms in total. The average molecular weight is 235 g/mol. The number of rotatable bonds is 2. The Hall–Kier alpha value is -2.69. The van der Waals surface area contributed by atoms with E-state index in [1.54, 1.807) is 24.7 Å². The summed E-state index contributed by atoms with van der Waals surface area (Å²) in [4.78, 5) is 12.4. The van der Waals surface area contributed by atoms with Crippen LogP contribution in [0.5, 0.6) is 0 Å². The van der Waals surface area contributed by atoms with Gasteiger partial charge in [0.15, 0.2) is 5.82 Å². The van der Waals surface area contributed by atoms with E-state index >= 15 is 0 Å². The lowest BCUT2D eigenvalue weighted by Crippen LogP contribution is -1.97. The Labute approximate surface area is 104 Å². The maximum atomic E-state index is 4.23. The van der Waals surface area contributed by atoms with Gasteiger partial charge < -0.3 is 0 Å². The van der Waals surface area contributed by atoms with E-state index in [1.165, 1.54) is 0 Å². The predicted molar refractivity (Wildman–Crippen MR) is 66.3 cm³/mol. The Kier molecular flexibility index (Phi) is 2.71. The van der Waals surface area contributed by atoms with Gasteiger partial charge in [0, 0.05) is 18.0 Å². The van der Waals surface area contributed by atoms with E-state index in [0.717, 1.165) is 11.3 Å². The average Bonchev–Trinajstić information content (AvgIpc) is 2.49. The molecule has 0 aliphatic carbocycles. The van der Waals surface area contributed by atoms with Crippen molar-refractivity contribution in [1.82, 2.24) is 25.1 Å². The number of hydrogen-bond acceptors (Lipinski definition) is 5. The molecule has 0 N–H and O–H groups in total. The monoisotopic (exact) mass is 235 g/mol. The number of aromatic nitrogens is 5. The van der Waals surface area contributed by atoms with Crippen molar-refractivity contribution in [2.75, 3.05) is 0 Å². The molecule has 2 aromatic heterocycles. The van der Waals surface area contributed by atoms with E-state index < -0.39 is 0 Å². The molecular formula is C13H9N5. The van der Waals surface area contributed by atoms with Crippen LogP contribution in [0, 0.1) is 0 Å². The van der Waals surface area contributed by atoms with Crippen LogP contribution in [-0.4, -0.2) is 25.1 Å². The van der Waals surface area contributed by atoms with Gasteiger partial charge in [-0.1, -0.05) is 30.3 Å². The van der Waals surface area contributed by atoms with Gasteiger partial charge in [0.25, 0.3) is 0 Å². The number of benzene rings is 1. The fourth-order valence-electron chi connectivity index (χ4n) is 1.53. The molecule has 0 saturated heterocycles. The molecule has 3 rings (SSSR count). The van der Waals surface area contributed by atoms with E-state index in [0.29, 0.717) is 11.6 Å². The molecule has 0 aliphatic rings. The highest BCUT2D eigenvalue weighted by molar-refractivity contribution is 5.57. The molecule has 0 aliphatic heterocycles. The molecule has 2 heterocycles. The lowest BCUT2D eigenvalue weighted by atomic mass is 10.2. The number of nitrogens with zero attached hydrogens (tertiary/aromatic N) is 5. The first-order valence-corrected chi connectivity index (χ1v) is 5.46. The summed E-state index contributed by atoms with van der Waals surface area (Å²) < 4.78 is 0. The standard InChI is InChI=1S/C13H9N5/c1-2-5-10(6-3-1)11-9-16-13(18-17-11)12-14-7-4-8-15-12/h1-9H. The predicted octanol–water partition coefficient (Wildman–Crippen LogP) is 2.00. The fraction of sp³-hybridized carbons (Fsp3) is 0. The summed E-state index contributed by atoms with van der Waals surface area (Å²) in [5, 5.41) is 8.17. The summed E-state index contributed by atoms with van der Waals surface area (Å²) in [6, 6.07) is 11.5. The van der Waals surface area contributed by atoms with Gasteiger partial charge in [0.2, 0.25) is 5.82 Å². The molecule has 0 atom stereocenters. The van der Waals surface area contributed by atoms with Crippen molar-refractivity contribution in [3.63, 3.8) is 0 Å². The summed E-state index contributed by atoms with van der Waals surface area (Å²) in [6.07, 6.45) is 4.97. The van der Waals surface area contributed by atoms with Gasteiger partial charge in [0.05, 0.1) is 6.20 Å². The van der Waals surface area contributed by atoms with Crippen LogP contribution in [-0.2, 0) is 0 Å². The smallest absolute Gasteiger partial charge is 0.219 e. The SMILES string of the molecule is c1ccc(-c2cnc(-c3ncccn3)nn2)cc1. The van der Waals surface area contributed by atoms with Gasteiger partial charge in [-0.05, 0) is 6.07 Å². The second kappa shape index (κ2) is 4.67. The Morgan fingerprint density at radius 2 is 1.44 bits per heavy atom. The zero-order chi connectivity index (χ0) is 12.2. The Balaban J connectivity index is 1.95. The lowest BCUT2D eigenvalue weighted by molar-refractivity contribution is 0.960. The third kappa shape index (κ3) is 2.06. The van der Waals surface area contributed by atoms with Crippen molar-refractivity contribution < 1.29 is 0 Å². The molecule has 0 amide bonds. The van der Waals surface area contributed by atoms with Crippen molar-refractivity contribution in [2.45, 2.75) is 0 Å².